The maximum absolute atomic E-state index is 12.7. The van der Waals surface area contributed by atoms with Gasteiger partial charge < -0.3 is 10.1 Å². The third-order valence-corrected chi connectivity index (χ3v) is 8.57. The molecule has 0 bridgehead atoms. The molecule has 2 heterocycles. The molecule has 1 amide bonds. The first kappa shape index (κ1) is 23.1. The van der Waals surface area contributed by atoms with Gasteiger partial charge in [0.2, 0.25) is 5.91 Å². The Morgan fingerprint density at radius 2 is 1.87 bits per heavy atom. The summed E-state index contributed by atoms with van der Waals surface area (Å²) in [5, 5.41) is 2.95. The van der Waals surface area contributed by atoms with Gasteiger partial charge in [-0.2, -0.15) is 4.31 Å². The van der Waals surface area contributed by atoms with Crippen LogP contribution in [0, 0.1) is 5.92 Å². The molecule has 0 aliphatic carbocycles. The van der Waals surface area contributed by atoms with E-state index in [1.807, 2.05) is 38.1 Å². The number of amides is 1. The second-order valence-corrected chi connectivity index (χ2v) is 11.6. The van der Waals surface area contributed by atoms with E-state index < -0.39 is 10.0 Å². The molecule has 1 aromatic heterocycles. The van der Waals surface area contributed by atoms with Gasteiger partial charge in [0.1, 0.15) is 9.96 Å². The zero-order valence-corrected chi connectivity index (χ0v) is 19.5. The molecule has 1 aliphatic heterocycles. The number of nitrogens with one attached hydrogen (secondary N) is 1. The van der Waals surface area contributed by atoms with E-state index in [0.717, 1.165) is 22.6 Å². The van der Waals surface area contributed by atoms with Crippen LogP contribution in [0.2, 0.25) is 4.34 Å². The molecular weight excluding hydrogens is 444 g/mol. The molecular formula is C21H27ClN2O4S2. The van der Waals surface area contributed by atoms with Crippen LogP contribution in [0.4, 0.5) is 0 Å². The first-order chi connectivity index (χ1) is 14.2. The molecule has 30 heavy (non-hydrogen) atoms. The number of sulfonamides is 1. The monoisotopic (exact) mass is 470 g/mol. The highest BCUT2D eigenvalue weighted by molar-refractivity contribution is 7.91. The smallest absolute Gasteiger partial charge is 0.252 e. The molecule has 0 unspecified atom stereocenters. The van der Waals surface area contributed by atoms with Crippen molar-refractivity contribution in [2.75, 3.05) is 13.1 Å². The molecule has 1 fully saturated rings. The summed E-state index contributed by atoms with van der Waals surface area (Å²) in [6.07, 6.45) is 1.88. The fraction of sp³-hybridized carbons (Fsp3) is 0.476. The summed E-state index contributed by atoms with van der Waals surface area (Å²) >= 11 is 6.94. The lowest BCUT2D eigenvalue weighted by Gasteiger charge is -2.30. The van der Waals surface area contributed by atoms with Gasteiger partial charge in [0.15, 0.2) is 0 Å². The number of ether oxygens (including phenoxy) is 1. The molecule has 0 saturated carbocycles. The highest BCUT2D eigenvalue weighted by Crippen LogP contribution is 2.31. The largest absolute Gasteiger partial charge is 0.491 e. The SMILES string of the molecule is CC(C)Oc1ccc(CNC(=O)CC2CCN(S(=O)(=O)c3ccc(Cl)s3)CC2)cc1. The number of rotatable bonds is 8. The van der Waals surface area contributed by atoms with Gasteiger partial charge in [-0.25, -0.2) is 8.42 Å². The van der Waals surface area contributed by atoms with Gasteiger partial charge in [-0.05, 0) is 62.4 Å². The topological polar surface area (TPSA) is 75.7 Å². The molecule has 1 saturated heterocycles. The van der Waals surface area contributed by atoms with Gasteiger partial charge in [0.25, 0.3) is 10.0 Å². The molecule has 6 nitrogen and oxygen atoms in total. The van der Waals surface area contributed by atoms with Crippen molar-refractivity contribution in [1.29, 1.82) is 0 Å². The van der Waals surface area contributed by atoms with Crippen LogP contribution in [0.15, 0.2) is 40.6 Å². The number of hydrogen-bond acceptors (Lipinski definition) is 5. The van der Waals surface area contributed by atoms with Gasteiger partial charge in [-0.15, -0.1) is 11.3 Å². The fourth-order valence-electron chi connectivity index (χ4n) is 3.41. The summed E-state index contributed by atoms with van der Waals surface area (Å²) in [4.78, 5) is 12.3. The normalized spacial score (nSPS) is 16.0. The number of hydrogen-bond donors (Lipinski definition) is 1. The second-order valence-electron chi connectivity index (χ2n) is 7.70. The molecule has 1 N–H and O–H groups in total. The lowest BCUT2D eigenvalue weighted by atomic mass is 9.94. The Labute approximate surface area is 187 Å². The van der Waals surface area contributed by atoms with E-state index in [9.17, 15) is 13.2 Å². The van der Waals surface area contributed by atoms with Crippen LogP contribution < -0.4 is 10.1 Å². The van der Waals surface area contributed by atoms with E-state index in [2.05, 4.69) is 5.32 Å². The summed E-state index contributed by atoms with van der Waals surface area (Å²) in [7, 11) is -3.49. The molecule has 1 aliphatic rings. The number of halogens is 1. The highest BCUT2D eigenvalue weighted by Gasteiger charge is 2.31. The minimum atomic E-state index is -3.49. The Hall–Kier alpha value is -1.61. The standard InChI is InChI=1S/C21H27ClN2O4S2/c1-15(2)28-18-5-3-17(4-6-18)14-23-20(25)13-16-9-11-24(12-10-16)30(26,27)21-8-7-19(22)29-21/h3-8,15-16H,9-14H2,1-2H3,(H,23,25). The molecule has 0 radical (unpaired) electrons. The quantitative estimate of drug-likeness (QED) is 0.624. The van der Waals surface area contributed by atoms with Crippen molar-refractivity contribution >= 4 is 38.9 Å². The molecule has 2 aromatic rings. The Balaban J connectivity index is 1.43. The Kier molecular flexibility index (Phi) is 7.79. The zero-order valence-electron chi connectivity index (χ0n) is 17.1. The van der Waals surface area contributed by atoms with Crippen molar-refractivity contribution in [3.8, 4) is 5.75 Å². The number of thiophene rings is 1. The third-order valence-electron chi connectivity index (χ3n) is 4.98. The molecule has 1 aromatic carbocycles. The average Bonchev–Trinajstić information content (AvgIpc) is 3.15. The van der Waals surface area contributed by atoms with E-state index >= 15 is 0 Å². The average molecular weight is 471 g/mol. The van der Waals surface area contributed by atoms with Crippen LogP contribution in [-0.2, 0) is 21.4 Å². The first-order valence-electron chi connectivity index (χ1n) is 10.0. The van der Waals surface area contributed by atoms with Gasteiger partial charge >= 0.3 is 0 Å². The van der Waals surface area contributed by atoms with E-state index in [1.165, 1.54) is 4.31 Å². The minimum Gasteiger partial charge on any atom is -0.491 e. The number of piperidine rings is 1. The summed E-state index contributed by atoms with van der Waals surface area (Å²) < 4.78 is 33.2. The van der Waals surface area contributed by atoms with Gasteiger partial charge in [0, 0.05) is 26.1 Å². The van der Waals surface area contributed by atoms with Crippen LogP contribution in [0.1, 0.15) is 38.7 Å². The van der Waals surface area contributed by atoms with E-state index in [0.29, 0.717) is 43.2 Å². The maximum atomic E-state index is 12.7. The van der Waals surface area contributed by atoms with Crippen LogP contribution in [0.3, 0.4) is 0 Å². The molecule has 0 spiro atoms. The van der Waals surface area contributed by atoms with E-state index in [4.69, 9.17) is 16.3 Å². The van der Waals surface area contributed by atoms with Crippen LogP contribution >= 0.6 is 22.9 Å². The predicted octanol–water partition coefficient (Wildman–Crippen LogP) is 4.30. The lowest BCUT2D eigenvalue weighted by Crippen LogP contribution is -2.39. The molecule has 164 valence electrons. The Bertz CT molecular complexity index is 950. The first-order valence-corrected chi connectivity index (χ1v) is 12.7. The minimum absolute atomic E-state index is 0.0103. The van der Waals surface area contributed by atoms with Crippen molar-refractivity contribution in [3.05, 3.63) is 46.3 Å². The van der Waals surface area contributed by atoms with E-state index in [1.54, 1.807) is 12.1 Å². The summed E-state index contributed by atoms with van der Waals surface area (Å²) in [5.41, 5.74) is 1.01. The van der Waals surface area contributed by atoms with Crippen LogP contribution in [0.5, 0.6) is 5.75 Å². The van der Waals surface area contributed by atoms with Crippen molar-refractivity contribution in [1.82, 2.24) is 9.62 Å². The number of nitrogens with zero attached hydrogens (tertiary/aromatic N) is 1. The van der Waals surface area contributed by atoms with Crippen LogP contribution in [-0.4, -0.2) is 37.8 Å². The summed E-state index contributed by atoms with van der Waals surface area (Å²) in [6, 6.07) is 10.8. The van der Waals surface area contributed by atoms with Gasteiger partial charge in [0.05, 0.1) is 10.4 Å². The van der Waals surface area contributed by atoms with Crippen LogP contribution in [0.25, 0.3) is 0 Å². The maximum Gasteiger partial charge on any atom is 0.252 e. The van der Waals surface area contributed by atoms with Crippen molar-refractivity contribution in [2.24, 2.45) is 5.92 Å². The lowest BCUT2D eigenvalue weighted by molar-refractivity contribution is -0.122. The van der Waals surface area contributed by atoms with Crippen molar-refractivity contribution in [2.45, 2.75) is 50.0 Å². The Morgan fingerprint density at radius 1 is 1.20 bits per heavy atom. The van der Waals surface area contributed by atoms with Gasteiger partial charge in [-0.1, -0.05) is 23.7 Å². The van der Waals surface area contributed by atoms with Crippen molar-refractivity contribution < 1.29 is 17.9 Å². The second kappa shape index (κ2) is 10.1. The van der Waals surface area contributed by atoms with E-state index in [-0.39, 0.29) is 22.1 Å². The summed E-state index contributed by atoms with van der Waals surface area (Å²) in [6.45, 7) is 5.27. The number of carbonyl (C=O) groups is 1. The zero-order chi connectivity index (χ0) is 21.7. The number of benzene rings is 1. The van der Waals surface area contributed by atoms with Gasteiger partial charge in [-0.3, -0.25) is 4.79 Å². The predicted molar refractivity (Wildman–Crippen MR) is 119 cm³/mol. The van der Waals surface area contributed by atoms with Crippen molar-refractivity contribution in [3.63, 3.8) is 0 Å². The molecule has 0 atom stereocenters. The Morgan fingerprint density at radius 3 is 2.43 bits per heavy atom. The highest BCUT2D eigenvalue weighted by atomic mass is 35.5. The summed E-state index contributed by atoms with van der Waals surface area (Å²) in [5.74, 6) is 0.987. The number of carbonyl (C=O) groups excluding carboxylic acids is 1. The molecule has 9 heteroatoms. The molecule has 3 rings (SSSR count). The third kappa shape index (κ3) is 6.20. The fourth-order valence-corrected chi connectivity index (χ4v) is 6.52.